The maximum absolute atomic E-state index is 12.1. The zero-order valence-electron chi connectivity index (χ0n) is 8.95. The smallest absolute Gasteiger partial charge is 0.166 e. The molecule has 0 aliphatic rings. The van der Waals surface area contributed by atoms with Gasteiger partial charge in [0.25, 0.3) is 0 Å². The number of benzene rings is 1. The van der Waals surface area contributed by atoms with E-state index in [2.05, 4.69) is 0 Å². The topological polar surface area (TPSA) is 0 Å². The Morgan fingerprint density at radius 1 is 1.20 bits per heavy atom. The zero-order valence-corrected chi connectivity index (χ0v) is 9.71. The first-order valence-corrected chi connectivity index (χ1v) is 5.18. The summed E-state index contributed by atoms with van der Waals surface area (Å²) in [6.07, 6.45) is -3.67. The number of aryl methyl sites for hydroxylation is 1. The molecule has 0 atom stereocenters. The molecule has 0 fully saturated rings. The van der Waals surface area contributed by atoms with E-state index in [1.165, 1.54) is 6.07 Å². The van der Waals surface area contributed by atoms with E-state index >= 15 is 0 Å². The highest BCUT2D eigenvalue weighted by Gasteiger charge is 2.30. The molecule has 0 spiro atoms. The Morgan fingerprint density at radius 3 is 2.07 bits per heavy atom. The van der Waals surface area contributed by atoms with Crippen molar-refractivity contribution in [2.45, 2.75) is 33.4 Å². The van der Waals surface area contributed by atoms with Crippen LogP contribution < -0.4 is 0 Å². The highest BCUT2D eigenvalue weighted by Crippen LogP contribution is 2.32. The molecule has 1 aromatic rings. The fraction of sp³-hybridized carbons (Fsp3) is 0.455. The summed E-state index contributed by atoms with van der Waals surface area (Å²) in [5.74, 6) is 0. The van der Waals surface area contributed by atoms with Crippen molar-refractivity contribution in [3.63, 3.8) is 0 Å². The number of alkyl halides is 3. The molecule has 0 amide bonds. The Labute approximate surface area is 93.1 Å². The van der Waals surface area contributed by atoms with Crippen LogP contribution in [0.3, 0.4) is 0 Å². The normalized spacial score (nSPS) is 10.6. The third kappa shape index (κ3) is 4.12. The average molecular weight is 239 g/mol. The van der Waals surface area contributed by atoms with Gasteiger partial charge in [0, 0.05) is 5.02 Å². The van der Waals surface area contributed by atoms with Crippen LogP contribution in [0.1, 0.15) is 31.9 Å². The molecule has 0 bridgehead atoms. The van der Waals surface area contributed by atoms with Crippen LogP contribution in [0.5, 0.6) is 0 Å². The van der Waals surface area contributed by atoms with Crippen molar-refractivity contribution in [2.24, 2.45) is 0 Å². The fourth-order valence-electron chi connectivity index (χ4n) is 1.01. The van der Waals surface area contributed by atoms with Gasteiger partial charge >= 0.3 is 6.18 Å². The third-order valence-electron chi connectivity index (χ3n) is 1.76. The molecule has 0 saturated heterocycles. The van der Waals surface area contributed by atoms with Crippen molar-refractivity contribution in [3.8, 4) is 0 Å². The minimum Gasteiger partial charge on any atom is -0.166 e. The largest absolute Gasteiger partial charge is 0.416 e. The van der Waals surface area contributed by atoms with Gasteiger partial charge in [-0.1, -0.05) is 38.4 Å². The van der Waals surface area contributed by atoms with Gasteiger partial charge in [-0.25, -0.2) is 0 Å². The SMILES string of the molecule is CC.CCc1ccc(C(F)(F)F)cc1Cl. The first-order valence-electron chi connectivity index (χ1n) is 4.80. The van der Waals surface area contributed by atoms with E-state index in [-0.39, 0.29) is 5.02 Å². The van der Waals surface area contributed by atoms with Gasteiger partial charge in [-0.15, -0.1) is 0 Å². The van der Waals surface area contributed by atoms with Crippen molar-refractivity contribution in [3.05, 3.63) is 34.3 Å². The molecule has 0 aliphatic carbocycles. The standard InChI is InChI=1S/C9H8ClF3.C2H6/c1-2-6-3-4-7(5-8(6)10)9(11,12)13;1-2/h3-5H,2H2,1H3;1-2H3. The van der Waals surface area contributed by atoms with Gasteiger partial charge in [0.2, 0.25) is 0 Å². The van der Waals surface area contributed by atoms with E-state index in [1.807, 2.05) is 20.8 Å². The van der Waals surface area contributed by atoms with E-state index in [0.29, 0.717) is 6.42 Å². The number of rotatable bonds is 1. The Morgan fingerprint density at radius 2 is 1.73 bits per heavy atom. The van der Waals surface area contributed by atoms with Gasteiger partial charge in [0.1, 0.15) is 0 Å². The van der Waals surface area contributed by atoms with Gasteiger partial charge in [0.05, 0.1) is 5.56 Å². The molecule has 0 heterocycles. The lowest BCUT2D eigenvalue weighted by Crippen LogP contribution is -2.04. The minimum atomic E-state index is -4.31. The summed E-state index contributed by atoms with van der Waals surface area (Å²) in [6, 6.07) is 3.41. The van der Waals surface area contributed by atoms with E-state index < -0.39 is 11.7 Å². The molecule has 0 aliphatic heterocycles. The summed E-state index contributed by atoms with van der Waals surface area (Å²) in [7, 11) is 0. The lowest BCUT2D eigenvalue weighted by atomic mass is 10.1. The second-order valence-electron chi connectivity index (χ2n) is 2.66. The fourth-order valence-corrected chi connectivity index (χ4v) is 1.32. The van der Waals surface area contributed by atoms with Crippen molar-refractivity contribution in [2.75, 3.05) is 0 Å². The van der Waals surface area contributed by atoms with Gasteiger partial charge in [0.15, 0.2) is 0 Å². The lowest BCUT2D eigenvalue weighted by Gasteiger charge is -2.08. The van der Waals surface area contributed by atoms with Crippen LogP contribution in [0.15, 0.2) is 18.2 Å². The molecule has 0 N–H and O–H groups in total. The van der Waals surface area contributed by atoms with E-state index in [9.17, 15) is 13.2 Å². The van der Waals surface area contributed by atoms with Gasteiger partial charge in [-0.3, -0.25) is 0 Å². The highest BCUT2D eigenvalue weighted by molar-refractivity contribution is 6.31. The summed E-state index contributed by atoms with van der Waals surface area (Å²) < 4.78 is 36.4. The molecule has 15 heavy (non-hydrogen) atoms. The Kier molecular flexibility index (Phi) is 5.73. The molecule has 0 nitrogen and oxygen atoms in total. The van der Waals surface area contributed by atoms with Crippen LogP contribution in [-0.2, 0) is 12.6 Å². The first kappa shape index (κ1) is 14.3. The summed E-state index contributed by atoms with van der Waals surface area (Å²) in [6.45, 7) is 5.84. The van der Waals surface area contributed by atoms with Gasteiger partial charge in [-0.05, 0) is 24.1 Å². The molecule has 0 aromatic heterocycles. The predicted octanol–water partition coefficient (Wildman–Crippen LogP) is 4.95. The molecule has 0 saturated carbocycles. The summed E-state index contributed by atoms with van der Waals surface area (Å²) in [4.78, 5) is 0. The Hall–Kier alpha value is -0.700. The second-order valence-corrected chi connectivity index (χ2v) is 3.06. The van der Waals surface area contributed by atoms with Crippen molar-refractivity contribution < 1.29 is 13.2 Å². The Bertz CT molecular complexity index is 305. The molecule has 4 heteroatoms. The Balaban J connectivity index is 0.000000921. The maximum Gasteiger partial charge on any atom is 0.416 e. The van der Waals surface area contributed by atoms with Crippen molar-refractivity contribution in [1.82, 2.24) is 0 Å². The zero-order chi connectivity index (χ0) is 12.1. The minimum absolute atomic E-state index is 0.178. The van der Waals surface area contributed by atoms with Gasteiger partial charge < -0.3 is 0 Å². The molecule has 86 valence electrons. The maximum atomic E-state index is 12.1. The summed E-state index contributed by atoms with van der Waals surface area (Å²) >= 11 is 5.64. The number of hydrogen-bond donors (Lipinski definition) is 0. The number of hydrogen-bond acceptors (Lipinski definition) is 0. The van der Waals surface area contributed by atoms with Crippen LogP contribution in [0.4, 0.5) is 13.2 Å². The van der Waals surface area contributed by atoms with Crippen LogP contribution in [-0.4, -0.2) is 0 Å². The summed E-state index contributed by atoms with van der Waals surface area (Å²) in [5, 5.41) is 0.178. The molecular formula is C11H14ClF3. The molecule has 1 rings (SSSR count). The molecule has 0 unspecified atom stereocenters. The monoisotopic (exact) mass is 238 g/mol. The number of halogens is 4. The van der Waals surface area contributed by atoms with Crippen LogP contribution in [0.25, 0.3) is 0 Å². The lowest BCUT2D eigenvalue weighted by molar-refractivity contribution is -0.137. The van der Waals surface area contributed by atoms with Crippen molar-refractivity contribution >= 4 is 11.6 Å². The van der Waals surface area contributed by atoms with Crippen LogP contribution >= 0.6 is 11.6 Å². The van der Waals surface area contributed by atoms with Crippen LogP contribution in [0.2, 0.25) is 5.02 Å². The van der Waals surface area contributed by atoms with E-state index in [1.54, 1.807) is 0 Å². The highest BCUT2D eigenvalue weighted by atomic mass is 35.5. The molecule has 0 radical (unpaired) electrons. The second kappa shape index (κ2) is 6.01. The van der Waals surface area contributed by atoms with E-state index in [0.717, 1.165) is 17.7 Å². The quantitative estimate of drug-likeness (QED) is 0.650. The summed E-state index contributed by atoms with van der Waals surface area (Å²) in [5.41, 5.74) is 0.0318. The van der Waals surface area contributed by atoms with Crippen LogP contribution in [0, 0.1) is 0 Å². The van der Waals surface area contributed by atoms with E-state index in [4.69, 9.17) is 11.6 Å². The van der Waals surface area contributed by atoms with Crippen molar-refractivity contribution in [1.29, 1.82) is 0 Å². The first-order chi connectivity index (χ1) is 6.95. The predicted molar refractivity (Wildman–Crippen MR) is 57.2 cm³/mol. The van der Waals surface area contributed by atoms with Gasteiger partial charge in [-0.2, -0.15) is 13.2 Å². The average Bonchev–Trinajstić information content (AvgIpc) is 2.19. The third-order valence-corrected chi connectivity index (χ3v) is 2.11. The molecular weight excluding hydrogens is 225 g/mol. The molecule has 1 aromatic carbocycles.